The summed E-state index contributed by atoms with van der Waals surface area (Å²) < 4.78 is 26.6. The maximum atomic E-state index is 12.1. The van der Waals surface area contributed by atoms with E-state index in [1.165, 1.54) is 0 Å². The van der Waals surface area contributed by atoms with E-state index in [9.17, 15) is 13.5 Å². The van der Waals surface area contributed by atoms with Gasteiger partial charge in [0.05, 0.1) is 11.0 Å². The fourth-order valence-electron chi connectivity index (χ4n) is 1.96. The Balaban J connectivity index is 1.94. The van der Waals surface area contributed by atoms with Crippen LogP contribution in [0.4, 0.5) is 0 Å². The van der Waals surface area contributed by atoms with Gasteiger partial charge in [-0.15, -0.1) is 0 Å². The van der Waals surface area contributed by atoms with Crippen LogP contribution >= 0.6 is 0 Å². The second kappa shape index (κ2) is 6.85. The first-order valence-corrected chi connectivity index (χ1v) is 8.24. The number of benzene rings is 2. The van der Waals surface area contributed by atoms with Crippen molar-refractivity contribution < 1.29 is 13.5 Å². The monoisotopic (exact) mass is 305 g/mol. The molecule has 2 rings (SSSR count). The Labute approximate surface area is 125 Å². The van der Waals surface area contributed by atoms with Crippen molar-refractivity contribution in [1.82, 2.24) is 4.72 Å². The lowest BCUT2D eigenvalue weighted by Gasteiger charge is -2.12. The third-order valence-electron chi connectivity index (χ3n) is 3.15. The summed E-state index contributed by atoms with van der Waals surface area (Å²) in [5, 5.41) is 9.93. The molecule has 1 unspecified atom stereocenters. The molecule has 4 nitrogen and oxygen atoms in total. The van der Waals surface area contributed by atoms with Crippen molar-refractivity contribution in [2.45, 2.75) is 24.3 Å². The second-order valence-corrected chi connectivity index (χ2v) is 6.78. The molecule has 5 heteroatoms. The van der Waals surface area contributed by atoms with Gasteiger partial charge >= 0.3 is 0 Å². The maximum absolute atomic E-state index is 12.1. The number of nitrogens with one attached hydrogen (secondary N) is 1. The first-order chi connectivity index (χ1) is 9.97. The van der Waals surface area contributed by atoms with Gasteiger partial charge in [-0.1, -0.05) is 48.0 Å². The minimum Gasteiger partial charge on any atom is -0.391 e. The highest BCUT2D eigenvalue weighted by atomic mass is 32.2. The van der Waals surface area contributed by atoms with Crippen LogP contribution in [-0.4, -0.2) is 26.2 Å². The van der Waals surface area contributed by atoms with Gasteiger partial charge in [0.2, 0.25) is 10.0 Å². The lowest BCUT2D eigenvalue weighted by atomic mass is 10.1. The summed E-state index contributed by atoms with van der Waals surface area (Å²) in [5.74, 6) is 0. The lowest BCUT2D eigenvalue weighted by Crippen LogP contribution is -2.33. The summed E-state index contributed by atoms with van der Waals surface area (Å²) in [7, 11) is -3.57. The number of aliphatic hydroxyl groups is 1. The van der Waals surface area contributed by atoms with E-state index in [-0.39, 0.29) is 11.4 Å². The summed E-state index contributed by atoms with van der Waals surface area (Å²) >= 11 is 0. The summed E-state index contributed by atoms with van der Waals surface area (Å²) in [6, 6.07) is 16.1. The lowest BCUT2D eigenvalue weighted by molar-refractivity contribution is 0.179. The summed E-state index contributed by atoms with van der Waals surface area (Å²) in [4.78, 5) is 0.208. The first kappa shape index (κ1) is 15.7. The minimum absolute atomic E-state index is 0.00883. The predicted molar refractivity (Wildman–Crippen MR) is 82.5 cm³/mol. The highest BCUT2D eigenvalue weighted by Crippen LogP contribution is 2.10. The largest absolute Gasteiger partial charge is 0.391 e. The standard InChI is InChI=1S/C16H19NO3S/c1-13-7-9-16(10-8-13)21(19,20)17-12-15(18)11-14-5-3-2-4-6-14/h2-10,15,17-18H,11-12H2,1H3. The van der Waals surface area contributed by atoms with Gasteiger partial charge in [0.15, 0.2) is 0 Å². The van der Waals surface area contributed by atoms with Gasteiger partial charge in [-0.2, -0.15) is 0 Å². The van der Waals surface area contributed by atoms with Gasteiger partial charge in [0, 0.05) is 6.54 Å². The van der Waals surface area contributed by atoms with E-state index >= 15 is 0 Å². The van der Waals surface area contributed by atoms with E-state index < -0.39 is 16.1 Å². The maximum Gasteiger partial charge on any atom is 0.240 e. The normalized spacial score (nSPS) is 13.0. The number of aliphatic hydroxyl groups excluding tert-OH is 1. The van der Waals surface area contributed by atoms with E-state index in [0.717, 1.165) is 11.1 Å². The quantitative estimate of drug-likeness (QED) is 0.856. The first-order valence-electron chi connectivity index (χ1n) is 6.76. The van der Waals surface area contributed by atoms with Gasteiger partial charge < -0.3 is 5.11 Å². The van der Waals surface area contributed by atoms with Crippen LogP contribution in [0.25, 0.3) is 0 Å². The van der Waals surface area contributed by atoms with E-state index in [4.69, 9.17) is 0 Å². The van der Waals surface area contributed by atoms with Crippen LogP contribution < -0.4 is 4.72 Å². The van der Waals surface area contributed by atoms with Crippen LogP contribution in [0, 0.1) is 6.92 Å². The SMILES string of the molecule is Cc1ccc(S(=O)(=O)NCC(O)Cc2ccccc2)cc1. The molecular weight excluding hydrogens is 286 g/mol. The van der Waals surface area contributed by atoms with E-state index in [0.29, 0.717) is 6.42 Å². The molecule has 0 aromatic heterocycles. The Morgan fingerprint density at radius 3 is 2.29 bits per heavy atom. The third-order valence-corrected chi connectivity index (χ3v) is 4.59. The van der Waals surface area contributed by atoms with E-state index in [1.807, 2.05) is 37.3 Å². The van der Waals surface area contributed by atoms with Crippen LogP contribution in [-0.2, 0) is 16.4 Å². The highest BCUT2D eigenvalue weighted by molar-refractivity contribution is 7.89. The zero-order chi connectivity index (χ0) is 15.3. The molecule has 0 aliphatic heterocycles. The fraction of sp³-hybridized carbons (Fsp3) is 0.250. The molecule has 2 aromatic carbocycles. The Morgan fingerprint density at radius 1 is 1.05 bits per heavy atom. The molecule has 21 heavy (non-hydrogen) atoms. The van der Waals surface area contributed by atoms with Crippen LogP contribution in [0.2, 0.25) is 0 Å². The molecule has 0 aliphatic rings. The molecule has 0 saturated heterocycles. The smallest absolute Gasteiger partial charge is 0.240 e. The average Bonchev–Trinajstić information content (AvgIpc) is 2.47. The molecule has 0 radical (unpaired) electrons. The molecule has 0 amide bonds. The Hall–Kier alpha value is -1.69. The van der Waals surface area contributed by atoms with Crippen molar-refractivity contribution in [2.24, 2.45) is 0 Å². The van der Waals surface area contributed by atoms with Crippen LogP contribution in [0.3, 0.4) is 0 Å². The predicted octanol–water partition coefficient (Wildman–Crippen LogP) is 1.88. The molecule has 0 spiro atoms. The number of sulfonamides is 1. The molecule has 0 aliphatic carbocycles. The summed E-state index contributed by atoms with van der Waals surface area (Å²) in [5.41, 5.74) is 1.97. The van der Waals surface area contributed by atoms with Gasteiger partial charge in [-0.3, -0.25) is 0 Å². The van der Waals surface area contributed by atoms with Crippen molar-refractivity contribution in [1.29, 1.82) is 0 Å². The number of rotatable bonds is 6. The van der Waals surface area contributed by atoms with Crippen LogP contribution in [0.5, 0.6) is 0 Å². The zero-order valence-corrected chi connectivity index (χ0v) is 12.7. The van der Waals surface area contributed by atoms with E-state index in [1.54, 1.807) is 24.3 Å². The highest BCUT2D eigenvalue weighted by Gasteiger charge is 2.15. The van der Waals surface area contributed by atoms with Crippen molar-refractivity contribution in [3.63, 3.8) is 0 Å². The van der Waals surface area contributed by atoms with Crippen molar-refractivity contribution in [3.8, 4) is 0 Å². The Morgan fingerprint density at radius 2 is 1.67 bits per heavy atom. The van der Waals surface area contributed by atoms with Gasteiger partial charge in [0.1, 0.15) is 0 Å². The fourth-order valence-corrected chi connectivity index (χ4v) is 3.04. The molecule has 0 fully saturated rings. The molecule has 112 valence electrons. The van der Waals surface area contributed by atoms with Gasteiger partial charge in [-0.25, -0.2) is 13.1 Å². The Kier molecular flexibility index (Phi) is 5.12. The van der Waals surface area contributed by atoms with Crippen LogP contribution in [0.15, 0.2) is 59.5 Å². The van der Waals surface area contributed by atoms with Crippen LogP contribution in [0.1, 0.15) is 11.1 Å². The molecule has 2 N–H and O–H groups in total. The summed E-state index contributed by atoms with van der Waals surface area (Å²) in [6.45, 7) is 1.89. The third kappa shape index (κ3) is 4.67. The van der Waals surface area contributed by atoms with E-state index in [2.05, 4.69) is 4.72 Å². The van der Waals surface area contributed by atoms with Crippen molar-refractivity contribution in [3.05, 3.63) is 65.7 Å². The second-order valence-electron chi connectivity index (χ2n) is 5.01. The molecular formula is C16H19NO3S. The van der Waals surface area contributed by atoms with Crippen molar-refractivity contribution >= 4 is 10.0 Å². The van der Waals surface area contributed by atoms with Gasteiger partial charge in [-0.05, 0) is 31.0 Å². The Bertz CT molecular complexity index is 666. The minimum atomic E-state index is -3.57. The molecule has 1 atom stereocenters. The summed E-state index contributed by atoms with van der Waals surface area (Å²) in [6.07, 6.45) is -0.343. The molecule has 0 heterocycles. The van der Waals surface area contributed by atoms with Crippen molar-refractivity contribution in [2.75, 3.05) is 6.54 Å². The average molecular weight is 305 g/mol. The molecule has 2 aromatic rings. The number of hydrogen-bond acceptors (Lipinski definition) is 3. The number of hydrogen-bond donors (Lipinski definition) is 2. The van der Waals surface area contributed by atoms with Gasteiger partial charge in [0.25, 0.3) is 0 Å². The molecule has 0 saturated carbocycles. The molecule has 0 bridgehead atoms. The zero-order valence-electron chi connectivity index (χ0n) is 11.9. The topological polar surface area (TPSA) is 66.4 Å². The number of aryl methyl sites for hydroxylation is 1.